The molecule has 0 radical (unpaired) electrons. The van der Waals surface area contributed by atoms with E-state index in [1.807, 2.05) is 0 Å². The van der Waals surface area contributed by atoms with Gasteiger partial charge in [-0.15, -0.1) is 0 Å². The highest BCUT2D eigenvalue weighted by Crippen LogP contribution is 2.29. The van der Waals surface area contributed by atoms with Crippen LogP contribution in [-0.4, -0.2) is 37.2 Å². The molecule has 0 aromatic carbocycles. The number of likely N-dealkylation sites (tertiary alicyclic amines) is 1. The van der Waals surface area contributed by atoms with E-state index in [9.17, 15) is 0 Å². The molecule has 0 bridgehead atoms. The van der Waals surface area contributed by atoms with E-state index in [4.69, 9.17) is 4.84 Å². The van der Waals surface area contributed by atoms with Gasteiger partial charge in [-0.3, -0.25) is 0 Å². The topological polar surface area (TPSA) is 24.5 Å². The normalized spacial score (nSPS) is 27.8. The molecule has 2 fully saturated rings. The monoisotopic (exact) mass is 170 g/mol. The van der Waals surface area contributed by atoms with Crippen molar-refractivity contribution in [1.29, 1.82) is 0 Å². The van der Waals surface area contributed by atoms with E-state index >= 15 is 0 Å². The van der Waals surface area contributed by atoms with Gasteiger partial charge < -0.3 is 9.74 Å². The van der Waals surface area contributed by atoms with Crippen LogP contribution in [0.2, 0.25) is 0 Å². The van der Waals surface area contributed by atoms with Crippen LogP contribution >= 0.6 is 0 Å². The first-order chi connectivity index (χ1) is 5.90. The second-order valence-electron chi connectivity index (χ2n) is 3.86. The lowest BCUT2D eigenvalue weighted by Gasteiger charge is -2.31. The third-order valence-corrected chi connectivity index (χ3v) is 2.88. The van der Waals surface area contributed by atoms with Crippen LogP contribution in [0.15, 0.2) is 0 Å². The molecule has 0 aromatic rings. The number of hydroxylamine groups is 1. The van der Waals surface area contributed by atoms with Crippen LogP contribution in [0.25, 0.3) is 0 Å². The van der Waals surface area contributed by atoms with Crippen LogP contribution < -0.4 is 5.48 Å². The molecule has 0 unspecified atom stereocenters. The number of nitrogens with zero attached hydrogens (tertiary/aromatic N) is 1. The zero-order valence-corrected chi connectivity index (χ0v) is 7.75. The molecular weight excluding hydrogens is 152 g/mol. The van der Waals surface area contributed by atoms with Crippen LogP contribution in [-0.2, 0) is 4.84 Å². The van der Waals surface area contributed by atoms with E-state index in [0.29, 0.717) is 6.04 Å². The van der Waals surface area contributed by atoms with Gasteiger partial charge in [-0.25, -0.2) is 0 Å². The zero-order chi connectivity index (χ0) is 8.39. The van der Waals surface area contributed by atoms with E-state index in [1.54, 1.807) is 7.11 Å². The van der Waals surface area contributed by atoms with Gasteiger partial charge in [-0.05, 0) is 38.8 Å². The summed E-state index contributed by atoms with van der Waals surface area (Å²) in [5.74, 6) is 0. The zero-order valence-electron chi connectivity index (χ0n) is 7.75. The quantitative estimate of drug-likeness (QED) is 0.633. The molecule has 1 aliphatic heterocycles. The van der Waals surface area contributed by atoms with Crippen LogP contribution in [0, 0.1) is 0 Å². The van der Waals surface area contributed by atoms with Crippen molar-refractivity contribution in [2.45, 2.75) is 37.8 Å². The van der Waals surface area contributed by atoms with Crippen LogP contribution in [0.1, 0.15) is 25.7 Å². The molecule has 1 N–H and O–H groups in total. The minimum Gasteiger partial charge on any atom is -0.305 e. The summed E-state index contributed by atoms with van der Waals surface area (Å²) in [7, 11) is 1.70. The van der Waals surface area contributed by atoms with Gasteiger partial charge in [0.25, 0.3) is 0 Å². The molecule has 12 heavy (non-hydrogen) atoms. The first-order valence-corrected chi connectivity index (χ1v) is 4.92. The Labute approximate surface area is 74.0 Å². The van der Waals surface area contributed by atoms with Crippen molar-refractivity contribution in [2.75, 3.05) is 20.2 Å². The lowest BCUT2D eigenvalue weighted by molar-refractivity contribution is 0.0351. The van der Waals surface area contributed by atoms with Crippen molar-refractivity contribution < 1.29 is 4.84 Å². The van der Waals surface area contributed by atoms with Gasteiger partial charge in [0.2, 0.25) is 0 Å². The van der Waals surface area contributed by atoms with E-state index in [0.717, 1.165) is 6.04 Å². The van der Waals surface area contributed by atoms with Crippen molar-refractivity contribution in [3.63, 3.8) is 0 Å². The molecule has 1 saturated carbocycles. The number of rotatable bonds is 3. The number of piperidine rings is 1. The molecule has 1 aliphatic carbocycles. The van der Waals surface area contributed by atoms with Gasteiger partial charge in [0, 0.05) is 12.1 Å². The molecule has 0 atom stereocenters. The van der Waals surface area contributed by atoms with Gasteiger partial charge in [-0.2, -0.15) is 5.48 Å². The van der Waals surface area contributed by atoms with Crippen molar-refractivity contribution in [3.05, 3.63) is 0 Å². The fourth-order valence-electron chi connectivity index (χ4n) is 1.99. The molecule has 70 valence electrons. The fourth-order valence-corrected chi connectivity index (χ4v) is 1.99. The lowest BCUT2D eigenvalue weighted by atomic mass is 10.1. The van der Waals surface area contributed by atoms with Gasteiger partial charge >= 0.3 is 0 Å². The second kappa shape index (κ2) is 3.73. The van der Waals surface area contributed by atoms with E-state index in [-0.39, 0.29) is 0 Å². The molecule has 1 heterocycles. The Morgan fingerprint density at radius 3 is 2.33 bits per heavy atom. The molecule has 2 aliphatic rings. The van der Waals surface area contributed by atoms with Crippen LogP contribution in [0.5, 0.6) is 0 Å². The summed E-state index contributed by atoms with van der Waals surface area (Å²) in [4.78, 5) is 7.54. The number of hydrogen-bond donors (Lipinski definition) is 1. The summed E-state index contributed by atoms with van der Waals surface area (Å²) < 4.78 is 0. The van der Waals surface area contributed by atoms with Gasteiger partial charge in [0.05, 0.1) is 7.11 Å². The molecule has 0 spiro atoms. The van der Waals surface area contributed by atoms with Crippen molar-refractivity contribution in [3.8, 4) is 0 Å². The largest absolute Gasteiger partial charge is 0.305 e. The van der Waals surface area contributed by atoms with Gasteiger partial charge in [-0.1, -0.05) is 0 Å². The average molecular weight is 170 g/mol. The molecule has 1 saturated heterocycles. The Hall–Kier alpha value is -0.120. The Kier molecular flexibility index (Phi) is 2.63. The number of nitrogens with one attached hydrogen (secondary N) is 1. The summed E-state index contributed by atoms with van der Waals surface area (Å²) in [5, 5.41) is 0. The van der Waals surface area contributed by atoms with Gasteiger partial charge in [0.1, 0.15) is 0 Å². The first kappa shape index (κ1) is 8.48. The Balaban J connectivity index is 1.69. The number of hydrogen-bond acceptors (Lipinski definition) is 3. The summed E-state index contributed by atoms with van der Waals surface area (Å²) >= 11 is 0. The van der Waals surface area contributed by atoms with E-state index in [2.05, 4.69) is 10.4 Å². The molecule has 0 amide bonds. The summed E-state index contributed by atoms with van der Waals surface area (Å²) in [6.45, 7) is 2.51. The predicted molar refractivity (Wildman–Crippen MR) is 47.8 cm³/mol. The van der Waals surface area contributed by atoms with Crippen LogP contribution in [0.3, 0.4) is 0 Å². The fraction of sp³-hybridized carbons (Fsp3) is 1.00. The SMILES string of the molecule is CONC1CCN(C2CC2)CC1. The Bertz CT molecular complexity index is 139. The summed E-state index contributed by atoms with van der Waals surface area (Å²) in [5.41, 5.74) is 3.04. The molecule has 3 heteroatoms. The Morgan fingerprint density at radius 1 is 1.17 bits per heavy atom. The third kappa shape index (κ3) is 1.97. The van der Waals surface area contributed by atoms with E-state index in [1.165, 1.54) is 38.8 Å². The van der Waals surface area contributed by atoms with Crippen molar-refractivity contribution in [2.24, 2.45) is 0 Å². The third-order valence-electron chi connectivity index (χ3n) is 2.88. The maximum absolute atomic E-state index is 4.92. The van der Waals surface area contributed by atoms with Gasteiger partial charge in [0.15, 0.2) is 0 Å². The first-order valence-electron chi connectivity index (χ1n) is 4.92. The molecule has 2 rings (SSSR count). The highest BCUT2D eigenvalue weighted by molar-refractivity contribution is 4.88. The lowest BCUT2D eigenvalue weighted by Crippen LogP contribution is -2.42. The van der Waals surface area contributed by atoms with Crippen molar-refractivity contribution in [1.82, 2.24) is 10.4 Å². The molecule has 3 nitrogen and oxygen atoms in total. The van der Waals surface area contributed by atoms with E-state index < -0.39 is 0 Å². The van der Waals surface area contributed by atoms with Crippen molar-refractivity contribution >= 4 is 0 Å². The second-order valence-corrected chi connectivity index (χ2v) is 3.86. The maximum atomic E-state index is 4.92. The summed E-state index contributed by atoms with van der Waals surface area (Å²) in [6, 6.07) is 1.53. The molecular formula is C9H18N2O. The molecule has 0 aromatic heterocycles. The highest BCUT2D eigenvalue weighted by atomic mass is 16.6. The standard InChI is InChI=1S/C9H18N2O/c1-12-10-8-4-6-11(7-5-8)9-2-3-9/h8-10H,2-7H2,1H3. The van der Waals surface area contributed by atoms with Crippen LogP contribution in [0.4, 0.5) is 0 Å². The maximum Gasteiger partial charge on any atom is 0.0572 e. The summed E-state index contributed by atoms with van der Waals surface area (Å²) in [6.07, 6.45) is 5.35. The smallest absolute Gasteiger partial charge is 0.0572 e. The Morgan fingerprint density at radius 2 is 1.83 bits per heavy atom. The minimum atomic E-state index is 0.588. The highest BCUT2D eigenvalue weighted by Gasteiger charge is 2.31. The predicted octanol–water partition coefficient (Wildman–Crippen LogP) is 0.764. The average Bonchev–Trinajstić information content (AvgIpc) is 2.89. The minimum absolute atomic E-state index is 0.588.